The van der Waals surface area contributed by atoms with Gasteiger partial charge in [0.05, 0.1) is 6.04 Å². The highest BCUT2D eigenvalue weighted by molar-refractivity contribution is 5.80. The predicted molar refractivity (Wildman–Crippen MR) is 35.2 cm³/mol. The Morgan fingerprint density at radius 2 is 2.33 bits per heavy atom. The number of primary amides is 1. The van der Waals surface area contributed by atoms with Gasteiger partial charge in [-0.25, -0.2) is 0 Å². The van der Waals surface area contributed by atoms with E-state index >= 15 is 0 Å². The molecule has 1 fully saturated rings. The molecule has 1 heterocycles. The lowest BCUT2D eigenvalue weighted by molar-refractivity contribution is -0.119. The van der Waals surface area contributed by atoms with E-state index in [9.17, 15) is 4.79 Å². The summed E-state index contributed by atoms with van der Waals surface area (Å²) in [5.74, 6) is -0.220. The number of amides is 1. The first-order chi connectivity index (χ1) is 3.80. The van der Waals surface area contributed by atoms with Gasteiger partial charge in [-0.3, -0.25) is 4.79 Å². The molecule has 4 heteroatoms. The van der Waals surface area contributed by atoms with Crippen LogP contribution in [0.15, 0.2) is 0 Å². The molecule has 1 atom stereocenters. The van der Waals surface area contributed by atoms with Crippen LogP contribution in [0, 0.1) is 0 Å². The van der Waals surface area contributed by atoms with Crippen molar-refractivity contribution in [1.82, 2.24) is 11.5 Å². The van der Waals surface area contributed by atoms with Crippen molar-refractivity contribution in [1.29, 1.82) is 0 Å². The number of hydrogen-bond donors (Lipinski definition) is 3. The van der Waals surface area contributed by atoms with Crippen molar-refractivity contribution in [3.8, 4) is 0 Å². The number of hydrogen-bond acceptors (Lipinski definition) is 3. The van der Waals surface area contributed by atoms with Gasteiger partial charge in [0.1, 0.15) is 0 Å². The maximum Gasteiger partial charge on any atom is 0.234 e. The van der Waals surface area contributed by atoms with Gasteiger partial charge in [-0.05, 0) is 19.4 Å². The van der Waals surface area contributed by atoms with Crippen LogP contribution in [0.4, 0.5) is 0 Å². The van der Waals surface area contributed by atoms with Crippen LogP contribution in [0.2, 0.25) is 0 Å². The van der Waals surface area contributed by atoms with Crippen LogP contribution >= 0.6 is 0 Å². The summed E-state index contributed by atoms with van der Waals surface area (Å²) in [7, 11) is 0. The average Bonchev–Trinajstić information content (AvgIpc) is 2.12. The Morgan fingerprint density at radius 1 is 1.67 bits per heavy atom. The first-order valence-electron chi connectivity index (χ1n) is 2.83. The lowest BCUT2D eigenvalue weighted by Gasteiger charge is -2.01. The molecule has 1 amide bonds. The van der Waals surface area contributed by atoms with E-state index in [4.69, 9.17) is 5.73 Å². The zero-order chi connectivity index (χ0) is 5.98. The monoisotopic (exact) mass is 131 g/mol. The van der Waals surface area contributed by atoms with Crippen molar-refractivity contribution >= 4 is 5.91 Å². The molecule has 0 aromatic carbocycles. The molecule has 0 unspecified atom stereocenters. The summed E-state index contributed by atoms with van der Waals surface area (Å²) in [6.45, 7) is 0.938. The third kappa shape index (κ3) is 1.99. The third-order valence-corrected chi connectivity index (χ3v) is 1.40. The molecule has 0 aliphatic carbocycles. The fourth-order valence-corrected chi connectivity index (χ4v) is 0.927. The fraction of sp³-hybridized carbons (Fsp3) is 0.800. The molecule has 0 spiro atoms. The highest BCUT2D eigenvalue weighted by Gasteiger charge is 2.18. The van der Waals surface area contributed by atoms with Crippen LogP contribution < -0.4 is 17.2 Å². The number of rotatable bonds is 1. The highest BCUT2D eigenvalue weighted by Crippen LogP contribution is 2.02. The van der Waals surface area contributed by atoms with E-state index in [0.717, 1.165) is 19.4 Å². The van der Waals surface area contributed by atoms with Gasteiger partial charge in [-0.1, -0.05) is 0 Å². The van der Waals surface area contributed by atoms with Crippen LogP contribution in [-0.2, 0) is 4.79 Å². The Hall–Kier alpha value is -0.610. The highest BCUT2D eigenvalue weighted by atomic mass is 16.1. The molecular weight excluding hydrogens is 118 g/mol. The number of carbonyl (C=O) groups is 1. The molecule has 1 aliphatic heterocycles. The van der Waals surface area contributed by atoms with Crippen LogP contribution in [-0.4, -0.2) is 18.5 Å². The zero-order valence-electron chi connectivity index (χ0n) is 5.39. The summed E-state index contributed by atoms with van der Waals surface area (Å²) in [4.78, 5) is 10.4. The molecule has 0 aromatic rings. The molecule has 54 valence electrons. The topological polar surface area (TPSA) is 90.1 Å². The summed E-state index contributed by atoms with van der Waals surface area (Å²) in [5, 5.41) is 2.98. The molecular formula is C5H13N3O. The van der Waals surface area contributed by atoms with Crippen molar-refractivity contribution < 1.29 is 4.79 Å². The van der Waals surface area contributed by atoms with Crippen molar-refractivity contribution in [3.63, 3.8) is 0 Å². The van der Waals surface area contributed by atoms with Crippen LogP contribution in [0.1, 0.15) is 12.8 Å². The number of nitrogens with one attached hydrogen (secondary N) is 1. The molecule has 9 heavy (non-hydrogen) atoms. The van der Waals surface area contributed by atoms with Crippen LogP contribution in [0.3, 0.4) is 0 Å². The van der Waals surface area contributed by atoms with Gasteiger partial charge in [0, 0.05) is 0 Å². The summed E-state index contributed by atoms with van der Waals surface area (Å²) in [5.41, 5.74) is 5.00. The van der Waals surface area contributed by atoms with Gasteiger partial charge in [0.15, 0.2) is 0 Å². The first-order valence-corrected chi connectivity index (χ1v) is 2.83. The molecule has 1 saturated heterocycles. The van der Waals surface area contributed by atoms with Gasteiger partial charge in [0.25, 0.3) is 0 Å². The van der Waals surface area contributed by atoms with Gasteiger partial charge < -0.3 is 17.2 Å². The van der Waals surface area contributed by atoms with E-state index in [2.05, 4.69) is 5.32 Å². The van der Waals surface area contributed by atoms with Gasteiger partial charge in [0.2, 0.25) is 5.91 Å². The Morgan fingerprint density at radius 3 is 2.56 bits per heavy atom. The minimum atomic E-state index is -0.220. The third-order valence-electron chi connectivity index (χ3n) is 1.40. The minimum absolute atomic E-state index is 0. The second-order valence-corrected chi connectivity index (χ2v) is 2.05. The second-order valence-electron chi connectivity index (χ2n) is 2.05. The van der Waals surface area contributed by atoms with E-state index in [1.54, 1.807) is 0 Å². The fourth-order valence-electron chi connectivity index (χ4n) is 0.927. The summed E-state index contributed by atoms with van der Waals surface area (Å²) < 4.78 is 0. The molecule has 0 bridgehead atoms. The van der Waals surface area contributed by atoms with E-state index in [-0.39, 0.29) is 18.1 Å². The van der Waals surface area contributed by atoms with E-state index < -0.39 is 0 Å². The van der Waals surface area contributed by atoms with Crippen molar-refractivity contribution in [2.75, 3.05) is 6.54 Å². The Kier molecular flexibility index (Phi) is 3.19. The van der Waals surface area contributed by atoms with Crippen LogP contribution in [0.25, 0.3) is 0 Å². The summed E-state index contributed by atoms with van der Waals surface area (Å²) in [6, 6.07) is -0.0463. The van der Waals surface area contributed by atoms with Gasteiger partial charge >= 0.3 is 0 Å². The predicted octanol–water partition coefficient (Wildman–Crippen LogP) is -0.614. The smallest absolute Gasteiger partial charge is 0.234 e. The maximum atomic E-state index is 10.4. The van der Waals surface area contributed by atoms with Crippen LogP contribution in [0.5, 0.6) is 0 Å². The van der Waals surface area contributed by atoms with Crippen molar-refractivity contribution in [2.24, 2.45) is 5.73 Å². The number of nitrogens with two attached hydrogens (primary N) is 1. The lowest BCUT2D eigenvalue weighted by Crippen LogP contribution is -2.36. The number of carbonyl (C=O) groups excluding carboxylic acids is 1. The van der Waals surface area contributed by atoms with E-state index in [1.165, 1.54) is 0 Å². The largest absolute Gasteiger partial charge is 0.368 e. The molecule has 6 N–H and O–H groups in total. The molecule has 1 rings (SSSR count). The van der Waals surface area contributed by atoms with Gasteiger partial charge in [-0.15, -0.1) is 0 Å². The minimum Gasteiger partial charge on any atom is -0.368 e. The maximum absolute atomic E-state index is 10.4. The Balaban J connectivity index is 0.000000640. The molecule has 0 saturated carbocycles. The molecule has 0 aromatic heterocycles. The van der Waals surface area contributed by atoms with Gasteiger partial charge in [-0.2, -0.15) is 0 Å². The average molecular weight is 131 g/mol. The van der Waals surface area contributed by atoms with E-state index in [1.807, 2.05) is 0 Å². The second kappa shape index (κ2) is 3.42. The van der Waals surface area contributed by atoms with Crippen molar-refractivity contribution in [2.45, 2.75) is 18.9 Å². The lowest BCUT2D eigenvalue weighted by atomic mass is 10.2. The standard InChI is InChI=1S/C5H10N2O.H3N/c6-5(8)4-2-1-3-7-4;/h4,7H,1-3H2,(H2,6,8);1H3/t4-;/m0./s1. The molecule has 4 nitrogen and oxygen atoms in total. The quantitative estimate of drug-likeness (QED) is 0.443. The molecule has 0 radical (unpaired) electrons. The van der Waals surface area contributed by atoms with Crippen molar-refractivity contribution in [3.05, 3.63) is 0 Å². The normalized spacial score (nSPS) is 25.1. The van der Waals surface area contributed by atoms with E-state index in [0.29, 0.717) is 0 Å². The summed E-state index contributed by atoms with van der Waals surface area (Å²) in [6.07, 6.45) is 1.99. The Bertz CT molecular complexity index is 98.4. The first kappa shape index (κ1) is 8.39. The molecule has 1 aliphatic rings. The zero-order valence-corrected chi connectivity index (χ0v) is 5.39. The Labute approximate surface area is 54.4 Å². The SMILES string of the molecule is N.NC(=O)[C@@H]1CCCN1. The summed E-state index contributed by atoms with van der Waals surface area (Å²) >= 11 is 0.